The van der Waals surface area contributed by atoms with Gasteiger partial charge >= 0.3 is 5.00 Å². The minimum absolute atomic E-state index is 0.0267. The molecule has 1 aromatic rings. The first kappa shape index (κ1) is 14.3. The Morgan fingerprint density at radius 3 is 2.59 bits per heavy atom. The van der Waals surface area contributed by atoms with Gasteiger partial charge in [-0.05, 0) is 6.42 Å². The third kappa shape index (κ3) is 1.77. The molecule has 0 N–H and O–H groups in total. The van der Waals surface area contributed by atoms with Gasteiger partial charge in [-0.3, -0.25) is 39.1 Å². The van der Waals surface area contributed by atoms with Crippen molar-refractivity contribution in [3.8, 4) is 0 Å². The van der Waals surface area contributed by atoms with E-state index in [2.05, 4.69) is 0 Å². The summed E-state index contributed by atoms with van der Waals surface area (Å²) in [5, 5.41) is 11.8. The summed E-state index contributed by atoms with van der Waals surface area (Å²) >= 11 is 0.701. The van der Waals surface area contributed by atoms with Crippen LogP contribution >= 0.6 is 11.3 Å². The van der Waals surface area contributed by atoms with Gasteiger partial charge in [-0.25, -0.2) is 0 Å². The average molecular weight is 323 g/mol. The van der Waals surface area contributed by atoms with E-state index in [0.29, 0.717) is 11.3 Å². The molecule has 1 saturated heterocycles. The topological polar surface area (TPSA) is 118 Å². The summed E-state index contributed by atoms with van der Waals surface area (Å²) in [6, 6.07) is -1.10. The summed E-state index contributed by atoms with van der Waals surface area (Å²) in [4.78, 5) is 60.1. The molecule has 0 radical (unpaired) electrons. The average Bonchev–Trinajstić information content (AvgIpc) is 3.00. The first-order valence-corrected chi connectivity index (χ1v) is 7.16. The molecule has 1 unspecified atom stereocenters. The molecular formula is C12H9N3O6S. The second kappa shape index (κ2) is 4.70. The molecule has 0 aliphatic carbocycles. The van der Waals surface area contributed by atoms with Gasteiger partial charge in [0.15, 0.2) is 0 Å². The molecule has 3 heterocycles. The lowest BCUT2D eigenvalue weighted by molar-refractivity contribution is -0.380. The van der Waals surface area contributed by atoms with Crippen LogP contribution in [0.5, 0.6) is 0 Å². The van der Waals surface area contributed by atoms with Crippen molar-refractivity contribution < 1.29 is 24.1 Å². The number of fused-ring (bicyclic) bond motifs is 1. The number of piperidine rings is 1. The van der Waals surface area contributed by atoms with Crippen molar-refractivity contribution in [2.45, 2.75) is 18.9 Å². The second-order valence-corrected chi connectivity index (χ2v) is 5.77. The third-order valence-electron chi connectivity index (χ3n) is 3.75. The standard InChI is InChI=1S/C12H9N3O6S/c1-13-7(16)3-2-6(10(13)18)14-9(17)5-4-22-12(15(20)21)8(5)11(14)19/h4,6H,2-3H2,1H3. The van der Waals surface area contributed by atoms with Crippen LogP contribution in [-0.4, -0.2) is 51.4 Å². The van der Waals surface area contributed by atoms with Crippen molar-refractivity contribution in [3.05, 3.63) is 26.6 Å². The van der Waals surface area contributed by atoms with Crippen LogP contribution in [-0.2, 0) is 9.59 Å². The monoisotopic (exact) mass is 323 g/mol. The maximum atomic E-state index is 12.4. The van der Waals surface area contributed by atoms with E-state index < -0.39 is 33.7 Å². The van der Waals surface area contributed by atoms with E-state index in [1.807, 2.05) is 0 Å². The van der Waals surface area contributed by atoms with E-state index in [-0.39, 0.29) is 29.9 Å². The zero-order valence-electron chi connectivity index (χ0n) is 11.3. The van der Waals surface area contributed by atoms with Gasteiger partial charge in [-0.2, -0.15) is 0 Å². The Labute approximate surface area is 127 Å². The fourth-order valence-electron chi connectivity index (χ4n) is 2.61. The first-order valence-electron chi connectivity index (χ1n) is 6.28. The molecule has 22 heavy (non-hydrogen) atoms. The minimum Gasteiger partial charge on any atom is -0.284 e. The van der Waals surface area contributed by atoms with Crippen LogP contribution in [0.1, 0.15) is 33.6 Å². The van der Waals surface area contributed by atoms with Crippen LogP contribution in [0.25, 0.3) is 0 Å². The SMILES string of the molecule is CN1C(=O)CCC(N2C(=O)c3csc([N+](=O)[O-])c3C2=O)C1=O. The van der Waals surface area contributed by atoms with Gasteiger partial charge in [0.05, 0.1) is 10.5 Å². The summed E-state index contributed by atoms with van der Waals surface area (Å²) in [6.45, 7) is 0. The van der Waals surface area contributed by atoms with Crippen LogP contribution in [0.2, 0.25) is 0 Å². The summed E-state index contributed by atoms with van der Waals surface area (Å²) in [5.74, 6) is -2.63. The maximum Gasteiger partial charge on any atom is 0.337 e. The number of imide groups is 2. The van der Waals surface area contributed by atoms with Gasteiger partial charge in [0.1, 0.15) is 11.6 Å². The number of rotatable bonds is 2. The fourth-order valence-corrected chi connectivity index (χ4v) is 3.46. The third-order valence-corrected chi connectivity index (χ3v) is 4.68. The van der Waals surface area contributed by atoms with Crippen molar-refractivity contribution in [2.75, 3.05) is 7.05 Å². The van der Waals surface area contributed by atoms with Gasteiger partial charge < -0.3 is 0 Å². The quantitative estimate of drug-likeness (QED) is 0.441. The number of hydrogen-bond donors (Lipinski definition) is 0. The molecule has 114 valence electrons. The smallest absolute Gasteiger partial charge is 0.284 e. The molecule has 3 rings (SSSR count). The predicted molar refractivity (Wildman–Crippen MR) is 72.3 cm³/mol. The van der Waals surface area contributed by atoms with Gasteiger partial charge in [0, 0.05) is 18.8 Å². The number of nitro groups is 1. The number of carbonyl (C=O) groups is 4. The molecule has 0 saturated carbocycles. The van der Waals surface area contributed by atoms with Crippen LogP contribution in [0.15, 0.2) is 5.38 Å². The highest BCUT2D eigenvalue weighted by molar-refractivity contribution is 7.14. The molecule has 1 aromatic heterocycles. The lowest BCUT2D eigenvalue weighted by Crippen LogP contribution is -2.54. The number of carbonyl (C=O) groups excluding carboxylic acids is 4. The highest BCUT2D eigenvalue weighted by atomic mass is 32.1. The summed E-state index contributed by atoms with van der Waals surface area (Å²) in [6.07, 6.45) is 0.0554. The van der Waals surface area contributed by atoms with Crippen molar-refractivity contribution in [2.24, 2.45) is 0 Å². The summed E-state index contributed by atoms with van der Waals surface area (Å²) < 4.78 is 0. The Balaban J connectivity index is 2.00. The highest BCUT2D eigenvalue weighted by Crippen LogP contribution is 2.38. The number of hydrogen-bond acceptors (Lipinski definition) is 7. The Kier molecular flexibility index (Phi) is 3.06. The molecule has 1 atom stereocenters. The van der Waals surface area contributed by atoms with Crippen LogP contribution in [0, 0.1) is 10.1 Å². The molecule has 0 aromatic carbocycles. The normalized spacial score (nSPS) is 21.6. The summed E-state index contributed by atoms with van der Waals surface area (Å²) in [5.41, 5.74) is -0.332. The number of thiophene rings is 1. The van der Waals surface area contributed by atoms with E-state index in [1.165, 1.54) is 12.4 Å². The van der Waals surface area contributed by atoms with Crippen molar-refractivity contribution in [1.29, 1.82) is 0 Å². The largest absolute Gasteiger partial charge is 0.337 e. The maximum absolute atomic E-state index is 12.4. The molecule has 0 bridgehead atoms. The molecule has 10 heteroatoms. The van der Waals surface area contributed by atoms with Gasteiger partial charge in [-0.1, -0.05) is 11.3 Å². The van der Waals surface area contributed by atoms with Crippen molar-refractivity contribution in [3.63, 3.8) is 0 Å². The van der Waals surface area contributed by atoms with Crippen LogP contribution in [0.3, 0.4) is 0 Å². The molecule has 2 aliphatic heterocycles. The van der Waals surface area contributed by atoms with E-state index in [4.69, 9.17) is 0 Å². The van der Waals surface area contributed by atoms with Crippen molar-refractivity contribution >= 4 is 40.0 Å². The Morgan fingerprint density at radius 1 is 1.27 bits per heavy atom. The minimum atomic E-state index is -1.10. The first-order chi connectivity index (χ1) is 10.3. The van der Waals surface area contributed by atoms with Crippen LogP contribution < -0.4 is 0 Å². The lowest BCUT2D eigenvalue weighted by Gasteiger charge is -2.32. The molecule has 1 fully saturated rings. The lowest BCUT2D eigenvalue weighted by atomic mass is 10.0. The van der Waals surface area contributed by atoms with E-state index in [9.17, 15) is 29.3 Å². The molecule has 9 nitrogen and oxygen atoms in total. The molecule has 4 amide bonds. The number of amides is 4. The fraction of sp³-hybridized carbons (Fsp3) is 0.333. The highest BCUT2D eigenvalue weighted by Gasteiger charge is 2.49. The zero-order chi connectivity index (χ0) is 16.2. The molecular weight excluding hydrogens is 314 g/mol. The second-order valence-electron chi connectivity index (χ2n) is 4.91. The Bertz CT molecular complexity index is 754. The molecule has 2 aliphatic rings. The van der Waals surface area contributed by atoms with E-state index in [0.717, 1.165) is 9.80 Å². The van der Waals surface area contributed by atoms with Gasteiger partial charge in [0.2, 0.25) is 5.91 Å². The molecule has 0 spiro atoms. The van der Waals surface area contributed by atoms with Gasteiger partial charge in [0.25, 0.3) is 17.7 Å². The van der Waals surface area contributed by atoms with E-state index in [1.54, 1.807) is 0 Å². The predicted octanol–water partition coefficient (Wildman–Crippen LogP) is 0.400. The van der Waals surface area contributed by atoms with Crippen molar-refractivity contribution in [1.82, 2.24) is 9.80 Å². The number of nitrogens with zero attached hydrogens (tertiary/aromatic N) is 3. The van der Waals surface area contributed by atoms with E-state index >= 15 is 0 Å². The van der Waals surface area contributed by atoms with Gasteiger partial charge in [-0.15, -0.1) is 0 Å². The number of likely N-dealkylation sites (N-methyl/N-ethyl adjacent to an activating group) is 1. The summed E-state index contributed by atoms with van der Waals surface area (Å²) in [7, 11) is 1.28. The zero-order valence-corrected chi connectivity index (χ0v) is 12.1. The Morgan fingerprint density at radius 2 is 1.95 bits per heavy atom. The Hall–Kier alpha value is -2.62. The number of likely N-dealkylation sites (tertiary alicyclic amines) is 1. The van der Waals surface area contributed by atoms with Crippen LogP contribution in [0.4, 0.5) is 5.00 Å².